The van der Waals surface area contributed by atoms with Crippen LogP contribution in [0, 0.1) is 11.7 Å². The van der Waals surface area contributed by atoms with Crippen LogP contribution in [0.1, 0.15) is 63.5 Å². The van der Waals surface area contributed by atoms with E-state index in [1.54, 1.807) is 19.2 Å². The molecule has 0 aliphatic heterocycles. The van der Waals surface area contributed by atoms with Crippen LogP contribution in [0.4, 0.5) is 4.39 Å². The van der Waals surface area contributed by atoms with Gasteiger partial charge in [0.2, 0.25) is 0 Å². The lowest BCUT2D eigenvalue weighted by atomic mass is 9.86. The van der Waals surface area contributed by atoms with E-state index in [0.29, 0.717) is 11.7 Å². The molecule has 0 spiro atoms. The van der Waals surface area contributed by atoms with Crippen molar-refractivity contribution >= 4 is 0 Å². The van der Waals surface area contributed by atoms with Crippen LogP contribution in [0.25, 0.3) is 0 Å². The molecule has 1 aliphatic rings. The molecule has 0 saturated heterocycles. The summed E-state index contributed by atoms with van der Waals surface area (Å²) in [6.45, 7) is 3.06. The number of halogens is 1. The van der Waals surface area contributed by atoms with E-state index >= 15 is 0 Å². The molecule has 1 aliphatic carbocycles. The molecule has 3 heteroatoms. The van der Waals surface area contributed by atoms with Gasteiger partial charge in [-0.25, -0.2) is 4.39 Å². The first-order chi connectivity index (χ1) is 10.3. The first kappa shape index (κ1) is 16.3. The fraction of sp³-hybridized carbons (Fsp3) is 0.667. The van der Waals surface area contributed by atoms with E-state index in [9.17, 15) is 4.39 Å². The number of methoxy groups -OCH3 is 1. The van der Waals surface area contributed by atoms with E-state index in [4.69, 9.17) is 4.74 Å². The second-order valence-electron chi connectivity index (χ2n) is 6.04. The molecule has 0 heterocycles. The number of nitrogens with one attached hydrogen (secondary N) is 1. The zero-order valence-corrected chi connectivity index (χ0v) is 13.3. The van der Waals surface area contributed by atoms with Crippen molar-refractivity contribution in [3.8, 4) is 5.75 Å². The van der Waals surface area contributed by atoms with E-state index in [2.05, 4.69) is 12.2 Å². The fourth-order valence-electron chi connectivity index (χ4n) is 3.45. The second-order valence-corrected chi connectivity index (χ2v) is 6.04. The number of hydrogen-bond acceptors (Lipinski definition) is 2. The molecular weight excluding hydrogens is 265 g/mol. The maximum absolute atomic E-state index is 14.5. The minimum atomic E-state index is -0.146. The highest BCUT2D eigenvalue weighted by Crippen LogP contribution is 2.38. The summed E-state index contributed by atoms with van der Waals surface area (Å²) in [5.41, 5.74) is 0.723. The van der Waals surface area contributed by atoms with Crippen molar-refractivity contribution in [3.05, 3.63) is 29.6 Å². The van der Waals surface area contributed by atoms with Crippen LogP contribution in [-0.2, 0) is 0 Å². The summed E-state index contributed by atoms with van der Waals surface area (Å²) >= 11 is 0. The molecule has 1 aromatic rings. The predicted molar refractivity (Wildman–Crippen MR) is 85.2 cm³/mol. The Bertz CT molecular complexity index is 427. The van der Waals surface area contributed by atoms with Gasteiger partial charge in [0, 0.05) is 11.6 Å². The van der Waals surface area contributed by atoms with Crippen LogP contribution in [0.2, 0.25) is 0 Å². The van der Waals surface area contributed by atoms with Crippen LogP contribution in [0.5, 0.6) is 5.75 Å². The maximum atomic E-state index is 14.5. The Labute approximate surface area is 128 Å². The van der Waals surface area contributed by atoms with Gasteiger partial charge in [0.25, 0.3) is 0 Å². The SMILES string of the molecule is CCCNC(c1c(F)cccc1OC)C1CCCCCC1. The van der Waals surface area contributed by atoms with Crippen LogP contribution in [-0.4, -0.2) is 13.7 Å². The summed E-state index contributed by atoms with van der Waals surface area (Å²) in [5, 5.41) is 3.58. The predicted octanol–water partition coefficient (Wildman–Crippen LogP) is 4.85. The summed E-state index contributed by atoms with van der Waals surface area (Å²) in [6, 6.07) is 5.21. The Balaban J connectivity index is 2.30. The van der Waals surface area contributed by atoms with E-state index in [1.165, 1.54) is 38.5 Å². The van der Waals surface area contributed by atoms with Gasteiger partial charge in [-0.05, 0) is 43.9 Å². The van der Waals surface area contributed by atoms with Crippen LogP contribution in [0.15, 0.2) is 18.2 Å². The Morgan fingerprint density at radius 1 is 1.24 bits per heavy atom. The quantitative estimate of drug-likeness (QED) is 0.757. The lowest BCUT2D eigenvalue weighted by Crippen LogP contribution is -2.30. The van der Waals surface area contributed by atoms with Gasteiger partial charge in [-0.15, -0.1) is 0 Å². The van der Waals surface area contributed by atoms with E-state index in [1.807, 2.05) is 6.07 Å². The molecule has 0 bridgehead atoms. The van der Waals surface area contributed by atoms with Gasteiger partial charge in [0.1, 0.15) is 11.6 Å². The third kappa shape index (κ3) is 4.19. The summed E-state index contributed by atoms with van der Waals surface area (Å²) in [5.74, 6) is 1.03. The molecule has 0 amide bonds. The average Bonchev–Trinajstić information content (AvgIpc) is 2.78. The number of ether oxygens (including phenoxy) is 1. The molecule has 0 aromatic heterocycles. The van der Waals surface area contributed by atoms with Crippen LogP contribution >= 0.6 is 0 Å². The molecule has 1 fully saturated rings. The van der Waals surface area contributed by atoms with Gasteiger partial charge < -0.3 is 10.1 Å². The Hall–Kier alpha value is -1.09. The van der Waals surface area contributed by atoms with E-state index < -0.39 is 0 Å². The summed E-state index contributed by atoms with van der Waals surface area (Å²) < 4.78 is 19.9. The van der Waals surface area contributed by atoms with Crippen molar-refractivity contribution in [3.63, 3.8) is 0 Å². The summed E-state index contributed by atoms with van der Waals surface area (Å²) in [4.78, 5) is 0. The van der Waals surface area contributed by atoms with Crippen molar-refractivity contribution in [2.45, 2.75) is 57.9 Å². The normalized spacial score (nSPS) is 18.2. The van der Waals surface area contributed by atoms with Gasteiger partial charge in [-0.3, -0.25) is 0 Å². The Kier molecular flexibility index (Phi) is 6.50. The van der Waals surface area contributed by atoms with Crippen molar-refractivity contribution in [2.75, 3.05) is 13.7 Å². The number of benzene rings is 1. The topological polar surface area (TPSA) is 21.3 Å². The number of rotatable bonds is 6. The average molecular weight is 293 g/mol. The van der Waals surface area contributed by atoms with Crippen molar-refractivity contribution in [1.29, 1.82) is 0 Å². The molecule has 1 atom stereocenters. The minimum Gasteiger partial charge on any atom is -0.496 e. The first-order valence-corrected chi connectivity index (χ1v) is 8.33. The third-order valence-electron chi connectivity index (χ3n) is 4.53. The fourth-order valence-corrected chi connectivity index (χ4v) is 3.45. The lowest BCUT2D eigenvalue weighted by Gasteiger charge is -2.29. The zero-order chi connectivity index (χ0) is 15.1. The van der Waals surface area contributed by atoms with Gasteiger partial charge >= 0.3 is 0 Å². The molecule has 1 unspecified atom stereocenters. The smallest absolute Gasteiger partial charge is 0.131 e. The van der Waals surface area contributed by atoms with Crippen LogP contribution < -0.4 is 10.1 Å². The molecule has 1 N–H and O–H groups in total. The first-order valence-electron chi connectivity index (χ1n) is 8.33. The van der Waals surface area contributed by atoms with Gasteiger partial charge in [-0.1, -0.05) is 38.7 Å². The van der Waals surface area contributed by atoms with Crippen molar-refractivity contribution in [2.24, 2.45) is 5.92 Å². The van der Waals surface area contributed by atoms with E-state index in [-0.39, 0.29) is 11.9 Å². The van der Waals surface area contributed by atoms with Gasteiger partial charge in [0.05, 0.1) is 7.11 Å². The van der Waals surface area contributed by atoms with Gasteiger partial charge in [-0.2, -0.15) is 0 Å². The highest BCUT2D eigenvalue weighted by Gasteiger charge is 2.28. The standard InChI is InChI=1S/C18H28FNO/c1-3-13-20-18(14-9-6-4-5-7-10-14)17-15(19)11-8-12-16(17)21-2/h8,11-12,14,18,20H,3-7,9-10,13H2,1-2H3. The monoisotopic (exact) mass is 293 g/mol. The molecule has 1 saturated carbocycles. The number of hydrogen-bond donors (Lipinski definition) is 1. The lowest BCUT2D eigenvalue weighted by molar-refractivity contribution is 0.304. The Morgan fingerprint density at radius 3 is 2.57 bits per heavy atom. The highest BCUT2D eigenvalue weighted by atomic mass is 19.1. The minimum absolute atomic E-state index is 0.0687. The molecule has 1 aromatic carbocycles. The molecule has 118 valence electrons. The molecule has 0 radical (unpaired) electrons. The maximum Gasteiger partial charge on any atom is 0.131 e. The van der Waals surface area contributed by atoms with Gasteiger partial charge in [0.15, 0.2) is 0 Å². The second kappa shape index (κ2) is 8.38. The molecule has 2 rings (SSSR count). The Morgan fingerprint density at radius 2 is 1.95 bits per heavy atom. The van der Waals surface area contributed by atoms with Crippen molar-refractivity contribution < 1.29 is 9.13 Å². The summed E-state index contributed by atoms with van der Waals surface area (Å²) in [6.07, 6.45) is 8.55. The van der Waals surface area contributed by atoms with Crippen molar-refractivity contribution in [1.82, 2.24) is 5.32 Å². The third-order valence-corrected chi connectivity index (χ3v) is 4.53. The molecule has 21 heavy (non-hydrogen) atoms. The zero-order valence-electron chi connectivity index (χ0n) is 13.3. The highest BCUT2D eigenvalue weighted by molar-refractivity contribution is 5.37. The largest absolute Gasteiger partial charge is 0.496 e. The molecule has 2 nitrogen and oxygen atoms in total. The summed E-state index contributed by atoms with van der Waals surface area (Å²) in [7, 11) is 1.63. The van der Waals surface area contributed by atoms with E-state index in [0.717, 1.165) is 18.5 Å². The van der Waals surface area contributed by atoms with Crippen LogP contribution in [0.3, 0.4) is 0 Å². The molecular formula is C18H28FNO.